The third-order valence-corrected chi connectivity index (χ3v) is 9.56. The summed E-state index contributed by atoms with van der Waals surface area (Å²) in [4.78, 5) is 14.6. The molecule has 4 heteroatoms. The van der Waals surface area contributed by atoms with Gasteiger partial charge in [0.05, 0.1) is 5.60 Å². The van der Waals surface area contributed by atoms with Crippen molar-refractivity contribution in [3.05, 3.63) is 29.3 Å². The topological polar surface area (TPSA) is 60.8 Å². The predicted octanol–water partition coefficient (Wildman–Crippen LogP) is 5.80. The molecular weight excluding hydrogens is 398 g/mol. The standard InChI is InChI=1S/C28H43NO3/c1-4-5-6-7-18-29(3)26(31)14-17-28(32)16-13-25-24-10-8-20-19-21(30)9-11-22(20)23(24)12-15-27(25,28)2/h9,11,19,23-25,30,32H,4-8,10,12-18H2,1-3H3/t23-,24-,25+,27+,28-/m1/s1. The number of aliphatic hydroxyl groups is 1. The van der Waals surface area contributed by atoms with Crippen molar-refractivity contribution >= 4 is 5.91 Å². The Balaban J connectivity index is 1.40. The molecule has 178 valence electrons. The number of aryl methyl sites for hydroxylation is 1. The van der Waals surface area contributed by atoms with E-state index < -0.39 is 5.60 Å². The van der Waals surface area contributed by atoms with E-state index in [1.807, 2.05) is 24.1 Å². The zero-order chi connectivity index (χ0) is 22.9. The van der Waals surface area contributed by atoms with Crippen molar-refractivity contribution in [2.75, 3.05) is 13.6 Å². The van der Waals surface area contributed by atoms with Crippen molar-refractivity contribution in [3.8, 4) is 5.75 Å². The lowest BCUT2D eigenvalue weighted by Gasteiger charge is -2.53. The van der Waals surface area contributed by atoms with Gasteiger partial charge in [-0.3, -0.25) is 4.79 Å². The highest BCUT2D eigenvalue weighted by Gasteiger charge is 2.61. The van der Waals surface area contributed by atoms with Gasteiger partial charge in [0.25, 0.3) is 0 Å². The minimum atomic E-state index is -0.726. The van der Waals surface area contributed by atoms with Crippen LogP contribution in [0.4, 0.5) is 0 Å². The first-order chi connectivity index (χ1) is 15.3. The number of carbonyl (C=O) groups is 1. The van der Waals surface area contributed by atoms with Gasteiger partial charge in [-0.05, 0) is 97.8 Å². The molecule has 3 aliphatic carbocycles. The average molecular weight is 442 g/mol. The lowest BCUT2D eigenvalue weighted by Crippen LogP contribution is -2.51. The summed E-state index contributed by atoms with van der Waals surface area (Å²) in [5.41, 5.74) is 1.92. The summed E-state index contributed by atoms with van der Waals surface area (Å²) in [6.45, 7) is 5.34. The highest BCUT2D eigenvalue weighted by atomic mass is 16.3. The van der Waals surface area contributed by atoms with Gasteiger partial charge in [-0.25, -0.2) is 0 Å². The molecule has 2 fully saturated rings. The number of nitrogens with zero attached hydrogens (tertiary/aromatic N) is 1. The van der Waals surface area contributed by atoms with Crippen LogP contribution < -0.4 is 0 Å². The number of phenols is 1. The Kier molecular flexibility index (Phi) is 6.91. The molecule has 0 heterocycles. The Morgan fingerprint density at radius 2 is 1.97 bits per heavy atom. The molecule has 0 radical (unpaired) electrons. The Bertz CT molecular complexity index is 823. The van der Waals surface area contributed by atoms with Crippen LogP contribution in [0.3, 0.4) is 0 Å². The number of rotatable bonds is 8. The number of hydrogen-bond donors (Lipinski definition) is 2. The molecule has 0 aliphatic heterocycles. The van der Waals surface area contributed by atoms with Gasteiger partial charge in [-0.15, -0.1) is 0 Å². The molecule has 2 N–H and O–H groups in total. The molecule has 1 aromatic rings. The van der Waals surface area contributed by atoms with Crippen LogP contribution in [0.15, 0.2) is 18.2 Å². The normalized spacial score (nSPS) is 33.3. The van der Waals surface area contributed by atoms with Crippen LogP contribution in [0.1, 0.15) is 102 Å². The SMILES string of the molecule is CCCCCCN(C)C(=O)CC[C@]1(O)CC[C@H]2[C@@H]3CCc4cc(O)ccc4[C@H]3CC[C@@]21C. The van der Waals surface area contributed by atoms with Gasteiger partial charge in [0, 0.05) is 20.0 Å². The molecule has 32 heavy (non-hydrogen) atoms. The highest BCUT2D eigenvalue weighted by Crippen LogP contribution is 2.65. The van der Waals surface area contributed by atoms with Gasteiger partial charge in [-0.1, -0.05) is 39.2 Å². The first-order valence-corrected chi connectivity index (χ1v) is 13.1. The largest absolute Gasteiger partial charge is 0.508 e. The predicted molar refractivity (Wildman–Crippen MR) is 129 cm³/mol. The van der Waals surface area contributed by atoms with E-state index in [2.05, 4.69) is 19.9 Å². The maximum atomic E-state index is 12.8. The van der Waals surface area contributed by atoms with E-state index >= 15 is 0 Å². The van der Waals surface area contributed by atoms with Crippen LogP contribution in [-0.4, -0.2) is 40.2 Å². The van der Waals surface area contributed by atoms with E-state index in [4.69, 9.17) is 0 Å². The zero-order valence-corrected chi connectivity index (χ0v) is 20.4. The van der Waals surface area contributed by atoms with E-state index in [1.54, 1.807) is 0 Å². The van der Waals surface area contributed by atoms with Crippen LogP contribution >= 0.6 is 0 Å². The second kappa shape index (κ2) is 9.37. The maximum Gasteiger partial charge on any atom is 0.222 e. The van der Waals surface area contributed by atoms with Gasteiger partial charge < -0.3 is 15.1 Å². The summed E-state index contributed by atoms with van der Waals surface area (Å²) in [5, 5.41) is 21.7. The third kappa shape index (κ3) is 4.20. The average Bonchev–Trinajstić information content (AvgIpc) is 3.05. The fraction of sp³-hybridized carbons (Fsp3) is 0.750. The lowest BCUT2D eigenvalue weighted by molar-refractivity contribution is -0.136. The summed E-state index contributed by atoms with van der Waals surface area (Å²) in [5.74, 6) is 2.24. The van der Waals surface area contributed by atoms with Crippen molar-refractivity contribution in [1.82, 2.24) is 4.90 Å². The second-order valence-electron chi connectivity index (χ2n) is 11.2. The van der Waals surface area contributed by atoms with Gasteiger partial charge in [-0.2, -0.15) is 0 Å². The monoisotopic (exact) mass is 441 g/mol. The minimum Gasteiger partial charge on any atom is -0.508 e. The van der Waals surface area contributed by atoms with E-state index in [0.29, 0.717) is 36.3 Å². The zero-order valence-electron chi connectivity index (χ0n) is 20.4. The molecule has 0 unspecified atom stereocenters. The number of benzene rings is 1. The number of carbonyl (C=O) groups excluding carboxylic acids is 1. The van der Waals surface area contributed by atoms with Gasteiger partial charge in [0.15, 0.2) is 0 Å². The van der Waals surface area contributed by atoms with Crippen molar-refractivity contribution in [2.24, 2.45) is 17.3 Å². The number of amides is 1. The fourth-order valence-electron chi connectivity index (χ4n) is 7.49. The molecule has 1 aromatic carbocycles. The first kappa shape index (κ1) is 23.6. The minimum absolute atomic E-state index is 0.0947. The van der Waals surface area contributed by atoms with Crippen LogP contribution in [0, 0.1) is 17.3 Å². The summed E-state index contributed by atoms with van der Waals surface area (Å²) < 4.78 is 0. The van der Waals surface area contributed by atoms with E-state index in [9.17, 15) is 15.0 Å². The molecule has 5 atom stereocenters. The van der Waals surface area contributed by atoms with Gasteiger partial charge in [0.2, 0.25) is 5.91 Å². The van der Waals surface area contributed by atoms with Crippen LogP contribution in [0.5, 0.6) is 5.75 Å². The second-order valence-corrected chi connectivity index (χ2v) is 11.2. The highest BCUT2D eigenvalue weighted by molar-refractivity contribution is 5.75. The quantitative estimate of drug-likeness (QED) is 0.501. The number of hydrogen-bond acceptors (Lipinski definition) is 3. The Hall–Kier alpha value is -1.55. The summed E-state index contributed by atoms with van der Waals surface area (Å²) >= 11 is 0. The van der Waals surface area contributed by atoms with Crippen LogP contribution in [0.25, 0.3) is 0 Å². The maximum absolute atomic E-state index is 12.8. The van der Waals surface area contributed by atoms with Gasteiger partial charge in [0.1, 0.15) is 5.75 Å². The van der Waals surface area contributed by atoms with Crippen LogP contribution in [0.2, 0.25) is 0 Å². The summed E-state index contributed by atoms with van der Waals surface area (Å²) in [6.07, 6.45) is 11.9. The van der Waals surface area contributed by atoms with E-state index in [1.165, 1.54) is 30.4 Å². The number of aromatic hydroxyl groups is 1. The van der Waals surface area contributed by atoms with E-state index in [0.717, 1.165) is 51.5 Å². The third-order valence-electron chi connectivity index (χ3n) is 9.56. The van der Waals surface area contributed by atoms with Crippen LogP contribution in [-0.2, 0) is 11.2 Å². The van der Waals surface area contributed by atoms with Crippen molar-refractivity contribution in [2.45, 2.75) is 102 Å². The molecule has 4 rings (SSSR count). The van der Waals surface area contributed by atoms with E-state index in [-0.39, 0.29) is 11.3 Å². The Morgan fingerprint density at radius 1 is 1.16 bits per heavy atom. The summed E-state index contributed by atoms with van der Waals surface area (Å²) in [6, 6.07) is 5.93. The number of phenolic OH excluding ortho intramolecular Hbond substituents is 1. The number of fused-ring (bicyclic) bond motifs is 5. The first-order valence-electron chi connectivity index (χ1n) is 13.1. The van der Waals surface area contributed by atoms with Crippen molar-refractivity contribution < 1.29 is 15.0 Å². The molecule has 3 aliphatic rings. The number of unbranched alkanes of at least 4 members (excludes halogenated alkanes) is 3. The Labute approximate surface area is 194 Å². The molecule has 0 bridgehead atoms. The molecule has 0 aromatic heterocycles. The summed E-state index contributed by atoms with van der Waals surface area (Å²) in [7, 11) is 1.92. The molecule has 2 saturated carbocycles. The molecular formula is C28H43NO3. The van der Waals surface area contributed by atoms with Crippen molar-refractivity contribution in [1.29, 1.82) is 0 Å². The Morgan fingerprint density at radius 3 is 2.75 bits per heavy atom. The molecule has 1 amide bonds. The fourth-order valence-corrected chi connectivity index (χ4v) is 7.49. The molecule has 4 nitrogen and oxygen atoms in total. The van der Waals surface area contributed by atoms with Gasteiger partial charge >= 0.3 is 0 Å². The smallest absolute Gasteiger partial charge is 0.222 e. The molecule has 0 saturated heterocycles. The van der Waals surface area contributed by atoms with Crippen molar-refractivity contribution in [3.63, 3.8) is 0 Å². The lowest BCUT2D eigenvalue weighted by atomic mass is 9.53. The molecule has 0 spiro atoms.